The summed E-state index contributed by atoms with van der Waals surface area (Å²) in [4.78, 5) is 28.3. The quantitative estimate of drug-likeness (QED) is 0.364. The molecular weight excluding hydrogens is 516 g/mol. The minimum absolute atomic E-state index is 0.194. The predicted molar refractivity (Wildman–Crippen MR) is 139 cm³/mol. The third kappa shape index (κ3) is 7.34. The van der Waals surface area contributed by atoms with E-state index in [1.54, 1.807) is 23.1 Å². The molecule has 0 radical (unpaired) electrons. The van der Waals surface area contributed by atoms with Crippen molar-refractivity contribution in [1.82, 2.24) is 10.2 Å². The van der Waals surface area contributed by atoms with Crippen molar-refractivity contribution in [2.75, 3.05) is 13.2 Å². The Morgan fingerprint density at radius 1 is 1.03 bits per heavy atom. The molecule has 3 rings (SSSR count). The highest BCUT2D eigenvalue weighted by atomic mass is 79.9. The number of hydrogen-bond donors (Lipinski definition) is 1. The molecule has 2 amide bonds. The minimum atomic E-state index is -0.687. The van der Waals surface area contributed by atoms with Crippen molar-refractivity contribution in [2.45, 2.75) is 32.9 Å². The molecule has 0 saturated heterocycles. The molecule has 0 heterocycles. The van der Waals surface area contributed by atoms with Gasteiger partial charge < -0.3 is 15.0 Å². The van der Waals surface area contributed by atoms with E-state index in [0.717, 1.165) is 16.7 Å². The summed E-state index contributed by atoms with van der Waals surface area (Å²) in [6.45, 7) is 4.43. The summed E-state index contributed by atoms with van der Waals surface area (Å²) in [7, 11) is 0. The van der Waals surface area contributed by atoms with Crippen LogP contribution in [0.5, 0.6) is 5.75 Å². The lowest BCUT2D eigenvalue weighted by Crippen LogP contribution is -2.51. The van der Waals surface area contributed by atoms with Gasteiger partial charge in [-0.25, -0.2) is 0 Å². The van der Waals surface area contributed by atoms with Crippen molar-refractivity contribution < 1.29 is 14.3 Å². The van der Waals surface area contributed by atoms with Crippen LogP contribution in [0.2, 0.25) is 5.02 Å². The van der Waals surface area contributed by atoms with E-state index in [4.69, 9.17) is 16.3 Å². The summed E-state index contributed by atoms with van der Waals surface area (Å²) in [5, 5.41) is 3.45. The summed E-state index contributed by atoms with van der Waals surface area (Å²) in [6, 6.07) is 22.1. The van der Waals surface area contributed by atoms with E-state index in [9.17, 15) is 9.59 Å². The van der Waals surface area contributed by atoms with E-state index in [1.807, 2.05) is 68.4 Å². The molecule has 3 aromatic rings. The van der Waals surface area contributed by atoms with Gasteiger partial charge in [0.25, 0.3) is 5.91 Å². The molecule has 0 saturated carbocycles. The van der Waals surface area contributed by atoms with Crippen LogP contribution in [-0.2, 0) is 22.6 Å². The molecule has 1 N–H and O–H groups in total. The second-order valence-electron chi connectivity index (χ2n) is 7.97. The normalized spacial score (nSPS) is 11.5. The number of nitrogens with zero attached hydrogens (tertiary/aromatic N) is 1. The number of hydrogen-bond acceptors (Lipinski definition) is 3. The maximum Gasteiger partial charge on any atom is 0.261 e. The van der Waals surface area contributed by atoms with Crippen molar-refractivity contribution >= 4 is 39.3 Å². The molecule has 0 fully saturated rings. The minimum Gasteiger partial charge on any atom is -0.483 e. The third-order valence-corrected chi connectivity index (χ3v) is 6.16. The fraction of sp³-hybridized carbons (Fsp3) is 0.259. The van der Waals surface area contributed by atoms with Gasteiger partial charge in [-0.1, -0.05) is 71.8 Å². The molecule has 7 heteroatoms. The first-order chi connectivity index (χ1) is 16.4. The monoisotopic (exact) mass is 542 g/mol. The van der Waals surface area contributed by atoms with E-state index in [2.05, 4.69) is 21.2 Å². The second-order valence-corrected chi connectivity index (χ2v) is 9.26. The maximum absolute atomic E-state index is 13.5. The van der Waals surface area contributed by atoms with E-state index >= 15 is 0 Å². The van der Waals surface area contributed by atoms with Crippen LogP contribution in [0.1, 0.15) is 23.6 Å². The number of halogens is 2. The Bertz CT molecular complexity index is 1120. The van der Waals surface area contributed by atoms with Crippen LogP contribution >= 0.6 is 27.5 Å². The lowest BCUT2D eigenvalue weighted by atomic mass is 10.0. The third-order valence-electron chi connectivity index (χ3n) is 5.30. The number of aryl methyl sites for hydroxylation is 1. The summed E-state index contributed by atoms with van der Waals surface area (Å²) in [5.74, 6) is 0.0291. The number of carbonyl (C=O) groups is 2. The predicted octanol–water partition coefficient (Wildman–Crippen LogP) is 5.57. The highest BCUT2D eigenvalue weighted by Crippen LogP contribution is 2.28. The summed E-state index contributed by atoms with van der Waals surface area (Å²) >= 11 is 9.43. The van der Waals surface area contributed by atoms with Gasteiger partial charge in [-0.15, -0.1) is 0 Å². The Morgan fingerprint density at radius 2 is 1.76 bits per heavy atom. The van der Waals surface area contributed by atoms with Gasteiger partial charge in [0, 0.05) is 24.5 Å². The largest absolute Gasteiger partial charge is 0.483 e. The fourth-order valence-corrected chi connectivity index (χ4v) is 4.47. The zero-order valence-corrected chi connectivity index (χ0v) is 21.6. The molecule has 5 nitrogen and oxygen atoms in total. The van der Waals surface area contributed by atoms with Gasteiger partial charge in [0.2, 0.25) is 5.91 Å². The highest BCUT2D eigenvalue weighted by molar-refractivity contribution is 9.10. The highest BCUT2D eigenvalue weighted by Gasteiger charge is 2.30. The van der Waals surface area contributed by atoms with Crippen molar-refractivity contribution in [3.05, 3.63) is 99.0 Å². The first-order valence-electron chi connectivity index (χ1n) is 11.1. The lowest BCUT2D eigenvalue weighted by molar-refractivity contribution is -0.142. The van der Waals surface area contributed by atoms with E-state index in [0.29, 0.717) is 34.8 Å². The van der Waals surface area contributed by atoms with E-state index in [-0.39, 0.29) is 18.4 Å². The zero-order valence-electron chi connectivity index (χ0n) is 19.3. The molecule has 3 aromatic carbocycles. The number of likely N-dealkylation sites (N-methyl/N-ethyl adjacent to an activating group) is 1. The standard InChI is InChI=1S/C27H28BrClN2O3/c1-3-30-27(33)24(15-20-9-5-4-6-10-20)31(17-21-11-7-8-19(2)14-21)26(32)18-34-25-13-12-22(29)16-23(25)28/h4-14,16,24H,3,15,17-18H2,1-2H3,(H,30,33)/t24-/m1/s1. The molecule has 0 aliphatic rings. The van der Waals surface area contributed by atoms with Gasteiger partial charge in [-0.05, 0) is 59.1 Å². The fourth-order valence-electron chi connectivity index (χ4n) is 3.67. The number of amides is 2. The number of benzene rings is 3. The van der Waals surface area contributed by atoms with Crippen LogP contribution in [0, 0.1) is 6.92 Å². The van der Waals surface area contributed by atoms with E-state index in [1.165, 1.54) is 0 Å². The van der Waals surface area contributed by atoms with Crippen LogP contribution in [0.4, 0.5) is 0 Å². The number of carbonyl (C=O) groups excluding carboxylic acids is 2. The van der Waals surface area contributed by atoms with E-state index < -0.39 is 6.04 Å². The van der Waals surface area contributed by atoms with Gasteiger partial charge in [0.05, 0.1) is 4.47 Å². The Labute approximate surface area is 214 Å². The van der Waals surface area contributed by atoms with Crippen molar-refractivity contribution in [2.24, 2.45) is 0 Å². The second kappa shape index (κ2) is 12.6. The Hall–Kier alpha value is -2.83. The smallest absolute Gasteiger partial charge is 0.261 e. The van der Waals surface area contributed by atoms with Gasteiger partial charge >= 0.3 is 0 Å². The van der Waals surface area contributed by atoms with Crippen LogP contribution in [-0.4, -0.2) is 35.9 Å². The van der Waals surface area contributed by atoms with Gasteiger partial charge in [-0.3, -0.25) is 9.59 Å². The Kier molecular flexibility index (Phi) is 9.54. The Balaban J connectivity index is 1.90. The first-order valence-corrected chi connectivity index (χ1v) is 12.3. The SMILES string of the molecule is CCNC(=O)[C@@H](Cc1ccccc1)N(Cc1cccc(C)c1)C(=O)COc1ccc(Cl)cc1Br. The van der Waals surface area contributed by atoms with Crippen LogP contribution < -0.4 is 10.1 Å². The summed E-state index contributed by atoms with van der Waals surface area (Å²) < 4.78 is 6.46. The average molecular weight is 544 g/mol. The van der Waals surface area contributed by atoms with Gasteiger partial charge in [-0.2, -0.15) is 0 Å². The molecule has 34 heavy (non-hydrogen) atoms. The molecule has 0 bridgehead atoms. The molecule has 0 aliphatic carbocycles. The number of ether oxygens (including phenoxy) is 1. The van der Waals surface area contributed by atoms with Gasteiger partial charge in [0.1, 0.15) is 11.8 Å². The molecular formula is C27H28BrClN2O3. The van der Waals surface area contributed by atoms with Crippen LogP contribution in [0.15, 0.2) is 77.3 Å². The van der Waals surface area contributed by atoms with Crippen LogP contribution in [0.3, 0.4) is 0 Å². The first kappa shape index (κ1) is 25.8. The zero-order chi connectivity index (χ0) is 24.5. The van der Waals surface area contributed by atoms with Crippen LogP contribution in [0.25, 0.3) is 0 Å². The molecule has 178 valence electrons. The maximum atomic E-state index is 13.5. The molecule has 0 unspecified atom stereocenters. The molecule has 0 aromatic heterocycles. The van der Waals surface area contributed by atoms with Gasteiger partial charge in [0.15, 0.2) is 6.61 Å². The molecule has 0 spiro atoms. The number of rotatable bonds is 10. The summed E-state index contributed by atoms with van der Waals surface area (Å²) in [6.07, 6.45) is 0.398. The summed E-state index contributed by atoms with van der Waals surface area (Å²) in [5.41, 5.74) is 3.01. The Morgan fingerprint density at radius 3 is 2.44 bits per heavy atom. The van der Waals surface area contributed by atoms with Crippen molar-refractivity contribution in [3.8, 4) is 5.75 Å². The molecule has 1 atom stereocenters. The van der Waals surface area contributed by atoms with Crippen molar-refractivity contribution in [1.29, 1.82) is 0 Å². The lowest BCUT2D eigenvalue weighted by Gasteiger charge is -2.31. The average Bonchev–Trinajstić information content (AvgIpc) is 2.81. The number of nitrogens with one attached hydrogen (secondary N) is 1. The van der Waals surface area contributed by atoms with Crippen molar-refractivity contribution in [3.63, 3.8) is 0 Å². The topological polar surface area (TPSA) is 58.6 Å². The molecule has 0 aliphatic heterocycles.